The Kier molecular flexibility index (Phi) is 1.39. The van der Waals surface area contributed by atoms with Crippen LogP contribution in [-0.4, -0.2) is 12.6 Å². The molecule has 0 atom stereocenters. The van der Waals surface area contributed by atoms with E-state index < -0.39 is 5.97 Å². The minimum Gasteiger partial charge on any atom is -0.462 e. The van der Waals surface area contributed by atoms with Crippen molar-refractivity contribution in [1.29, 1.82) is 0 Å². The third-order valence-electron chi connectivity index (χ3n) is 0.841. The second-order valence-corrected chi connectivity index (χ2v) is 2.32. The summed E-state index contributed by atoms with van der Waals surface area (Å²) in [5.74, 6) is -0.621. The highest BCUT2D eigenvalue weighted by molar-refractivity contribution is 7.11. The lowest BCUT2D eigenvalue weighted by atomic mass is 10.5. The Labute approximate surface area is 67.7 Å². The Balaban J connectivity index is 3.01. The quantitative estimate of drug-likeness (QED) is 0.616. The summed E-state index contributed by atoms with van der Waals surface area (Å²) in [5.41, 5.74) is 0. The zero-order chi connectivity index (χ0) is 10.0. The molecular formula is C7H8O2S. The maximum Gasteiger partial charge on any atom is 0.348 e. The van der Waals surface area contributed by atoms with Gasteiger partial charge in [-0.1, -0.05) is 6.04 Å². The van der Waals surface area contributed by atoms with Gasteiger partial charge in [0.25, 0.3) is 0 Å². The number of ether oxygens (including phenoxy) is 1. The van der Waals surface area contributed by atoms with E-state index in [9.17, 15) is 4.79 Å². The fraction of sp³-hybridized carbons (Fsp3) is 0.286. The number of carbonyl (C=O) groups excluding carboxylic acids is 1. The van der Waals surface area contributed by atoms with Gasteiger partial charge in [0.1, 0.15) is 4.88 Å². The first-order valence-electron chi connectivity index (χ1n) is 4.31. The predicted octanol–water partition coefficient (Wildman–Crippen LogP) is 1.92. The molecule has 0 radical (unpaired) electrons. The van der Waals surface area contributed by atoms with Crippen molar-refractivity contribution in [3.05, 3.63) is 22.3 Å². The first-order valence-corrected chi connectivity index (χ1v) is 3.63. The van der Waals surface area contributed by atoms with Crippen molar-refractivity contribution >= 4 is 17.3 Å². The third-order valence-corrected chi connectivity index (χ3v) is 1.52. The summed E-state index contributed by atoms with van der Waals surface area (Å²) in [6.45, 7) is 1.90. The molecule has 3 heteroatoms. The van der Waals surface area contributed by atoms with Crippen molar-refractivity contribution in [2.45, 2.75) is 6.92 Å². The molecule has 1 rings (SSSR count). The third kappa shape index (κ3) is 1.57. The molecule has 0 aliphatic heterocycles. The summed E-state index contributed by atoms with van der Waals surface area (Å²) in [5, 5.41) is -0.0759. The van der Waals surface area contributed by atoms with Crippen LogP contribution >= 0.6 is 11.3 Å². The Morgan fingerprint density at radius 1 is 2.00 bits per heavy atom. The molecule has 0 bridgehead atoms. The van der Waals surface area contributed by atoms with Gasteiger partial charge in [0.05, 0.1) is 10.7 Å². The van der Waals surface area contributed by atoms with Gasteiger partial charge in [-0.25, -0.2) is 4.79 Å². The fourth-order valence-corrected chi connectivity index (χ4v) is 0.922. The molecule has 0 aliphatic carbocycles. The molecule has 0 aliphatic rings. The standard InChI is InChI=1S/C7H8O2S/c1-2-9-7(8)6-4-3-5-10-6/h3-5H,2H2,1H3/i3D,4D,5D. The summed E-state index contributed by atoms with van der Waals surface area (Å²) in [6, 6.07) is -0.429. The first kappa shape index (κ1) is 4.13. The molecule has 0 unspecified atom stereocenters. The number of hydrogen-bond acceptors (Lipinski definition) is 3. The number of rotatable bonds is 2. The average molecular weight is 159 g/mol. The summed E-state index contributed by atoms with van der Waals surface area (Å²) in [6.07, 6.45) is 0. The molecule has 1 heterocycles. The number of hydrogen-bond donors (Lipinski definition) is 0. The van der Waals surface area contributed by atoms with E-state index in [0.29, 0.717) is 0 Å². The second kappa shape index (κ2) is 3.37. The minimum atomic E-state index is -0.621. The van der Waals surface area contributed by atoms with Gasteiger partial charge in [-0.15, -0.1) is 11.3 Å². The number of thiophene rings is 1. The summed E-state index contributed by atoms with van der Waals surface area (Å²) in [4.78, 5) is 11.2. The maximum atomic E-state index is 11.1. The van der Waals surface area contributed by atoms with Crippen molar-refractivity contribution in [3.63, 3.8) is 0 Å². The van der Waals surface area contributed by atoms with Crippen molar-refractivity contribution in [3.8, 4) is 0 Å². The van der Waals surface area contributed by atoms with Crippen LogP contribution in [-0.2, 0) is 4.74 Å². The van der Waals surface area contributed by atoms with E-state index in [-0.39, 0.29) is 28.9 Å². The fourth-order valence-electron chi connectivity index (χ4n) is 0.474. The van der Waals surface area contributed by atoms with Gasteiger partial charge in [-0.05, 0) is 18.3 Å². The molecule has 0 aromatic carbocycles. The van der Waals surface area contributed by atoms with Crippen molar-refractivity contribution in [2.24, 2.45) is 0 Å². The van der Waals surface area contributed by atoms with Crippen LogP contribution in [0.1, 0.15) is 20.7 Å². The number of esters is 1. The lowest BCUT2D eigenvalue weighted by Crippen LogP contribution is -2.01. The summed E-state index contributed by atoms with van der Waals surface area (Å²) in [7, 11) is 0. The van der Waals surface area contributed by atoms with Crippen molar-refractivity contribution in [2.75, 3.05) is 6.61 Å². The first-order chi connectivity index (χ1) is 6.07. The molecule has 1 aromatic rings. The van der Waals surface area contributed by atoms with E-state index in [0.717, 1.165) is 11.3 Å². The van der Waals surface area contributed by atoms with Gasteiger partial charge >= 0.3 is 5.97 Å². The van der Waals surface area contributed by atoms with E-state index in [1.165, 1.54) is 0 Å². The molecule has 0 saturated heterocycles. The summed E-state index contributed by atoms with van der Waals surface area (Å²) >= 11 is 0.806. The Morgan fingerprint density at radius 3 is 3.30 bits per heavy atom. The Hall–Kier alpha value is -0.830. The molecule has 54 valence electrons. The normalized spacial score (nSPS) is 13.5. The SMILES string of the molecule is [2H]c1sc(C(=O)OCC)c([2H])c1[2H]. The molecule has 0 spiro atoms. The Bertz CT molecular complexity index is 335. The average Bonchev–Trinajstić information content (AvgIpc) is 2.33. The van der Waals surface area contributed by atoms with Crippen LogP contribution < -0.4 is 0 Å². The highest BCUT2D eigenvalue weighted by Crippen LogP contribution is 2.09. The lowest BCUT2D eigenvalue weighted by molar-refractivity contribution is 0.0532. The molecule has 0 amide bonds. The van der Waals surface area contributed by atoms with Crippen LogP contribution in [0.25, 0.3) is 0 Å². The number of carbonyl (C=O) groups is 1. The van der Waals surface area contributed by atoms with Crippen molar-refractivity contribution in [1.82, 2.24) is 0 Å². The topological polar surface area (TPSA) is 26.3 Å². The van der Waals surface area contributed by atoms with E-state index in [2.05, 4.69) is 4.74 Å². The molecular weight excluding hydrogens is 148 g/mol. The van der Waals surface area contributed by atoms with Crippen LogP contribution in [0.3, 0.4) is 0 Å². The molecule has 1 aromatic heterocycles. The van der Waals surface area contributed by atoms with E-state index in [1.807, 2.05) is 0 Å². The highest BCUT2D eigenvalue weighted by Gasteiger charge is 2.04. The van der Waals surface area contributed by atoms with Crippen LogP contribution in [0.4, 0.5) is 0 Å². The van der Waals surface area contributed by atoms with Gasteiger partial charge in [-0.3, -0.25) is 0 Å². The molecule has 0 saturated carbocycles. The zero-order valence-corrected chi connectivity index (χ0v) is 6.25. The highest BCUT2D eigenvalue weighted by atomic mass is 32.1. The van der Waals surface area contributed by atoms with Gasteiger partial charge < -0.3 is 4.74 Å². The van der Waals surface area contributed by atoms with Crippen LogP contribution in [0.2, 0.25) is 0 Å². The Morgan fingerprint density at radius 2 is 2.80 bits per heavy atom. The zero-order valence-electron chi connectivity index (χ0n) is 8.43. The van der Waals surface area contributed by atoms with Gasteiger partial charge in [0.15, 0.2) is 0 Å². The van der Waals surface area contributed by atoms with Crippen LogP contribution in [0.5, 0.6) is 0 Å². The van der Waals surface area contributed by atoms with E-state index in [4.69, 9.17) is 4.11 Å². The predicted molar refractivity (Wildman–Crippen MR) is 40.3 cm³/mol. The van der Waals surface area contributed by atoms with E-state index >= 15 is 0 Å². The smallest absolute Gasteiger partial charge is 0.348 e. The van der Waals surface area contributed by atoms with Crippen molar-refractivity contribution < 1.29 is 13.6 Å². The molecule has 10 heavy (non-hydrogen) atoms. The van der Waals surface area contributed by atoms with E-state index in [1.54, 1.807) is 6.92 Å². The van der Waals surface area contributed by atoms with Gasteiger partial charge in [0.2, 0.25) is 0 Å². The molecule has 0 fully saturated rings. The van der Waals surface area contributed by atoms with Gasteiger partial charge in [-0.2, -0.15) is 0 Å². The van der Waals surface area contributed by atoms with Crippen LogP contribution in [0, 0.1) is 0 Å². The minimum absolute atomic E-state index is 0.0388. The molecule has 0 N–H and O–H groups in total. The maximum absolute atomic E-state index is 11.1. The van der Waals surface area contributed by atoms with Crippen LogP contribution in [0.15, 0.2) is 17.4 Å². The largest absolute Gasteiger partial charge is 0.462 e. The summed E-state index contributed by atoms with van der Waals surface area (Å²) < 4.78 is 26.4. The molecule has 2 nitrogen and oxygen atoms in total. The monoisotopic (exact) mass is 159 g/mol. The van der Waals surface area contributed by atoms with Gasteiger partial charge in [0, 0.05) is 0 Å². The lowest BCUT2D eigenvalue weighted by Gasteiger charge is -1.95. The second-order valence-electron chi connectivity index (χ2n) is 1.50.